The van der Waals surface area contributed by atoms with Crippen molar-refractivity contribution in [3.05, 3.63) is 0 Å². The first-order valence-corrected chi connectivity index (χ1v) is 43.2. The minimum Gasteiger partial charge on any atom is -0.396 e. The van der Waals surface area contributed by atoms with E-state index >= 15 is 0 Å². The molecule has 0 radical (unpaired) electrons. The number of aliphatic hydroxyl groups is 5. The Hall–Kier alpha value is -0.200. The van der Waals surface area contributed by atoms with Crippen molar-refractivity contribution in [1.29, 1.82) is 0 Å². The molecule has 0 aliphatic heterocycles. The lowest BCUT2D eigenvalue weighted by Crippen LogP contribution is -2.21. The highest BCUT2D eigenvalue weighted by atomic mass is 16.3. The monoisotopic (exact) mass is 1420 g/mol. The Morgan fingerprint density at radius 3 is 0.626 bits per heavy atom. The van der Waals surface area contributed by atoms with Crippen LogP contribution in [0.15, 0.2) is 0 Å². The van der Waals surface area contributed by atoms with Gasteiger partial charge in [0, 0.05) is 6.61 Å². The van der Waals surface area contributed by atoms with Gasteiger partial charge in [0.25, 0.3) is 0 Å². The van der Waals surface area contributed by atoms with Gasteiger partial charge in [-0.15, -0.1) is 0 Å². The fourth-order valence-corrected chi connectivity index (χ4v) is 11.5. The van der Waals surface area contributed by atoms with E-state index < -0.39 is 6.10 Å². The Balaban J connectivity index is -0.0000000831. The van der Waals surface area contributed by atoms with Crippen LogP contribution in [0.25, 0.3) is 0 Å². The highest BCUT2D eigenvalue weighted by molar-refractivity contribution is 4.79. The molecule has 1 fully saturated rings. The second-order valence-corrected chi connectivity index (χ2v) is 38.7. The molecule has 5 N–H and O–H groups in total. The van der Waals surface area contributed by atoms with E-state index in [9.17, 15) is 0 Å². The van der Waals surface area contributed by atoms with Gasteiger partial charge in [0.05, 0.1) is 24.9 Å². The first kappa shape index (κ1) is 125. The SMILES string of the molecule is CC(C)CC(C)(C)C.CC(C)CC(C)C.CC(C)CC(C)C.CC(C)CC(C)C.CC(C)CC(O)CO.CC(C)CC1(C)CCCCC1.CCC(C)C(C)C.CCC(CO)C(C)C.CCCC(C)C.CC[C@@H](C)C(C)C.CC[C@@H](O)CC(C)C.CC[C@H](C)C(C)C.CC[C@H](O)CC(C)C. The van der Waals surface area contributed by atoms with E-state index in [1.165, 1.54) is 96.3 Å². The summed E-state index contributed by atoms with van der Waals surface area (Å²) >= 11 is 0. The smallest absolute Gasteiger partial charge is 0.0773 e. The predicted octanol–water partition coefficient (Wildman–Crippen LogP) is 31.3. The maximum absolute atomic E-state index is 9.03. The van der Waals surface area contributed by atoms with Gasteiger partial charge < -0.3 is 25.5 Å². The summed E-state index contributed by atoms with van der Waals surface area (Å²) in [5.74, 6) is 16.1. The Labute approximate surface area is 636 Å². The number of hydrogen-bond acceptors (Lipinski definition) is 5. The molecule has 0 spiro atoms. The van der Waals surface area contributed by atoms with E-state index in [0.29, 0.717) is 53.4 Å². The van der Waals surface area contributed by atoms with Crippen molar-refractivity contribution >= 4 is 0 Å². The van der Waals surface area contributed by atoms with E-state index in [1.807, 2.05) is 27.7 Å². The maximum atomic E-state index is 9.03. The third kappa shape index (κ3) is 145. The molecule has 1 aliphatic carbocycles. The van der Waals surface area contributed by atoms with Crippen LogP contribution in [0.1, 0.15) is 453 Å². The number of hydrogen-bond donors (Lipinski definition) is 5. The molecule has 5 nitrogen and oxygen atoms in total. The van der Waals surface area contributed by atoms with E-state index in [2.05, 4.69) is 291 Å². The molecular weight excluding hydrogens is 1210 g/mol. The molecule has 3 unspecified atom stereocenters. The summed E-state index contributed by atoms with van der Waals surface area (Å²) < 4.78 is 0. The van der Waals surface area contributed by atoms with Gasteiger partial charge in [-0.2, -0.15) is 0 Å². The molecular formula is C94H212O5. The lowest BCUT2D eigenvalue weighted by atomic mass is 9.71. The number of rotatable bonds is 29. The maximum Gasteiger partial charge on any atom is 0.0773 e. The first-order valence-electron chi connectivity index (χ1n) is 43.2. The van der Waals surface area contributed by atoms with Crippen LogP contribution < -0.4 is 0 Å². The quantitative estimate of drug-likeness (QED) is 0.0514. The lowest BCUT2D eigenvalue weighted by molar-refractivity contribution is 0.0782. The number of aliphatic hydroxyl groups excluding tert-OH is 5. The molecule has 5 heteroatoms. The molecule has 0 aromatic carbocycles. The lowest BCUT2D eigenvalue weighted by Gasteiger charge is -2.35. The minimum absolute atomic E-state index is 0.0741. The van der Waals surface area contributed by atoms with Crippen LogP contribution in [-0.4, -0.2) is 57.1 Å². The molecule has 0 amide bonds. The molecule has 1 aliphatic rings. The standard InChI is InChI=1S/C11H22.C8H18.3C7H16O.6C7H16.C6H14O2.C6H14/c1-10(2)9-11(3)7-5-4-6-8-11;1-7(2)6-8(3,4)5;1-4-7(5-8)6(2)3;2*1-4-7(8)5-6(2)3;3*1-6(2)5-7(3)4;3*1-5-7(4)6(2)3;1-5(2)3-6(8)4-7;1-4-5-6(2)3/h10H,4-9H2,1-3H3;7H,6H2,1-5H3;3*6-8H,4-5H2,1-3H3;6*6-7H,5H2,1-4H3;5-8H,3-4H2,1-2H3;6H,4-5H2,1-3H3/t;;;2*7-;;;;2*7-;;;/m...10...10.../s1. The van der Waals surface area contributed by atoms with Crippen LogP contribution in [0.4, 0.5) is 0 Å². The van der Waals surface area contributed by atoms with Gasteiger partial charge in [-0.25, -0.2) is 0 Å². The Morgan fingerprint density at radius 2 is 0.556 bits per heavy atom. The highest BCUT2D eigenvalue weighted by Gasteiger charge is 2.27. The van der Waals surface area contributed by atoms with Crippen LogP contribution in [0.5, 0.6) is 0 Å². The summed E-state index contributed by atoms with van der Waals surface area (Å²) in [6.45, 7) is 103. The van der Waals surface area contributed by atoms with Crippen molar-refractivity contribution in [3.8, 4) is 0 Å². The first-order chi connectivity index (χ1) is 44.9. The van der Waals surface area contributed by atoms with Crippen LogP contribution in [0, 0.1) is 129 Å². The third-order valence-electron chi connectivity index (χ3n) is 18.1. The molecule has 0 bridgehead atoms. The molecule has 0 saturated heterocycles. The molecule has 0 aromatic heterocycles. The van der Waals surface area contributed by atoms with Crippen molar-refractivity contribution in [2.45, 2.75) is 472 Å². The van der Waals surface area contributed by atoms with Gasteiger partial charge in [0.15, 0.2) is 0 Å². The van der Waals surface area contributed by atoms with Gasteiger partial charge >= 0.3 is 0 Å². The second-order valence-electron chi connectivity index (χ2n) is 38.7. The van der Waals surface area contributed by atoms with Crippen molar-refractivity contribution in [2.75, 3.05) is 13.2 Å². The molecule has 7 atom stereocenters. The summed E-state index contributed by atoms with van der Waals surface area (Å²) in [6, 6.07) is 0. The average Bonchev–Trinajstić information content (AvgIpc) is 0.879. The molecule has 0 aromatic rings. The van der Waals surface area contributed by atoms with Crippen LogP contribution in [0.2, 0.25) is 0 Å². The molecule has 1 saturated carbocycles. The van der Waals surface area contributed by atoms with Crippen LogP contribution in [-0.2, 0) is 0 Å². The second kappa shape index (κ2) is 85.1. The zero-order chi connectivity index (χ0) is 81.5. The fourth-order valence-electron chi connectivity index (χ4n) is 11.5. The topological polar surface area (TPSA) is 101 Å². The van der Waals surface area contributed by atoms with Gasteiger partial charge in [-0.1, -0.05) is 376 Å². The summed E-state index contributed by atoms with van der Waals surface area (Å²) in [5, 5.41) is 43.9. The largest absolute Gasteiger partial charge is 0.396 e. The van der Waals surface area contributed by atoms with Crippen molar-refractivity contribution in [2.24, 2.45) is 129 Å². The third-order valence-corrected chi connectivity index (χ3v) is 18.1. The Bertz CT molecular complexity index is 1250. The van der Waals surface area contributed by atoms with E-state index in [1.54, 1.807) is 0 Å². The van der Waals surface area contributed by atoms with Crippen molar-refractivity contribution < 1.29 is 25.5 Å². The summed E-state index contributed by atoms with van der Waals surface area (Å²) in [6.07, 6.45) is 25.7. The fraction of sp³-hybridized carbons (Fsp3) is 1.00. The summed E-state index contributed by atoms with van der Waals surface area (Å²) in [7, 11) is 0. The molecule has 1 rings (SSSR count). The van der Waals surface area contributed by atoms with Crippen molar-refractivity contribution in [1.82, 2.24) is 0 Å². The van der Waals surface area contributed by atoms with Crippen LogP contribution >= 0.6 is 0 Å². The van der Waals surface area contributed by atoms with E-state index in [0.717, 1.165) is 121 Å². The summed E-state index contributed by atoms with van der Waals surface area (Å²) in [4.78, 5) is 0. The normalized spacial score (nSPS) is 14.6. The molecule has 0 heterocycles. The predicted molar refractivity (Wildman–Crippen MR) is 465 cm³/mol. The molecule has 99 heavy (non-hydrogen) atoms. The zero-order valence-corrected chi connectivity index (χ0v) is 78.8. The van der Waals surface area contributed by atoms with E-state index in [4.69, 9.17) is 25.5 Å². The van der Waals surface area contributed by atoms with Gasteiger partial charge in [0.2, 0.25) is 0 Å². The summed E-state index contributed by atoms with van der Waals surface area (Å²) in [5.41, 5.74) is 1.22. The van der Waals surface area contributed by atoms with E-state index in [-0.39, 0.29) is 18.8 Å². The van der Waals surface area contributed by atoms with Gasteiger partial charge in [-0.3, -0.25) is 0 Å². The zero-order valence-electron chi connectivity index (χ0n) is 78.8. The Morgan fingerprint density at radius 1 is 0.293 bits per heavy atom. The minimum atomic E-state index is -0.519. The average molecular weight is 1420 g/mol. The van der Waals surface area contributed by atoms with Crippen molar-refractivity contribution in [3.63, 3.8) is 0 Å². The highest BCUT2D eigenvalue weighted by Crippen LogP contribution is 2.40. The van der Waals surface area contributed by atoms with Crippen LogP contribution in [0.3, 0.4) is 0 Å². The Kier molecular flexibility index (Phi) is 108. The molecule has 618 valence electrons. The van der Waals surface area contributed by atoms with Gasteiger partial charge in [0.1, 0.15) is 0 Å². The van der Waals surface area contributed by atoms with Gasteiger partial charge in [-0.05, 0) is 206 Å².